The molecule has 1 aromatic carbocycles. The number of allylic oxidation sites excluding steroid dienone is 1. The van der Waals surface area contributed by atoms with Crippen LogP contribution < -0.4 is 5.32 Å². The van der Waals surface area contributed by atoms with Crippen molar-refractivity contribution in [1.82, 2.24) is 15.2 Å². The van der Waals surface area contributed by atoms with E-state index in [0.717, 1.165) is 31.6 Å². The van der Waals surface area contributed by atoms with Crippen LogP contribution in [0.15, 0.2) is 41.0 Å². The minimum absolute atomic E-state index is 0.241. The first-order valence-electron chi connectivity index (χ1n) is 11.3. The second kappa shape index (κ2) is 9.34. The molecule has 160 valence electrons. The fraction of sp³-hybridized carbons (Fsp3) is 0.520. The van der Waals surface area contributed by atoms with Gasteiger partial charge in [-0.1, -0.05) is 38.1 Å². The van der Waals surface area contributed by atoms with Gasteiger partial charge in [0.25, 0.3) is 0 Å². The Morgan fingerprint density at radius 3 is 2.60 bits per heavy atom. The Bertz CT molecular complexity index is 907. The first-order chi connectivity index (χ1) is 14.5. The van der Waals surface area contributed by atoms with E-state index in [2.05, 4.69) is 60.2 Å². The summed E-state index contributed by atoms with van der Waals surface area (Å²) < 4.78 is 0. The number of nitrogens with one attached hydrogen (secondary N) is 1. The summed E-state index contributed by atoms with van der Waals surface area (Å²) in [5.41, 5.74) is 8.37. The van der Waals surface area contributed by atoms with Gasteiger partial charge in [0.1, 0.15) is 0 Å². The highest BCUT2D eigenvalue weighted by Crippen LogP contribution is 2.34. The van der Waals surface area contributed by atoms with Crippen molar-refractivity contribution in [3.8, 4) is 10.4 Å². The third-order valence-corrected chi connectivity index (χ3v) is 7.25. The molecule has 1 saturated heterocycles. The number of aromatic nitrogens is 1. The molecule has 30 heavy (non-hydrogen) atoms. The highest BCUT2D eigenvalue weighted by Gasteiger charge is 2.33. The normalized spacial score (nSPS) is 18.6. The molecule has 1 N–H and O–H groups in total. The summed E-state index contributed by atoms with van der Waals surface area (Å²) in [5, 5.41) is 3.76. The molecule has 5 heteroatoms. The molecule has 1 unspecified atom stereocenters. The number of carbonyl (C=O) groups is 1. The van der Waals surface area contributed by atoms with Crippen molar-refractivity contribution in [3.05, 3.63) is 52.3 Å². The summed E-state index contributed by atoms with van der Waals surface area (Å²) >= 11 is 1.69. The van der Waals surface area contributed by atoms with Crippen LogP contribution in [0.3, 0.4) is 0 Å². The van der Waals surface area contributed by atoms with Crippen molar-refractivity contribution in [2.24, 2.45) is 5.92 Å². The molecular weight excluding hydrogens is 390 g/mol. The number of benzene rings is 1. The van der Waals surface area contributed by atoms with Gasteiger partial charge in [-0.05, 0) is 61.6 Å². The monoisotopic (exact) mass is 423 g/mol. The average molecular weight is 424 g/mol. The molecule has 1 amide bonds. The van der Waals surface area contributed by atoms with Crippen LogP contribution in [0.4, 0.5) is 0 Å². The molecular formula is C25H33N3OS. The van der Waals surface area contributed by atoms with E-state index in [-0.39, 0.29) is 6.04 Å². The lowest BCUT2D eigenvalue weighted by Gasteiger charge is -2.33. The van der Waals surface area contributed by atoms with Crippen LogP contribution in [0, 0.1) is 12.8 Å². The molecule has 4 nitrogen and oxygen atoms in total. The van der Waals surface area contributed by atoms with Crippen molar-refractivity contribution < 1.29 is 4.79 Å². The maximum Gasteiger partial charge on any atom is 0.223 e. The summed E-state index contributed by atoms with van der Waals surface area (Å²) in [6.45, 7) is 8.03. The molecule has 2 heterocycles. The van der Waals surface area contributed by atoms with Crippen molar-refractivity contribution >= 4 is 17.2 Å². The smallest absolute Gasteiger partial charge is 0.223 e. The molecule has 0 radical (unpaired) electrons. The molecule has 1 aromatic heterocycles. The standard InChI is InChI=1S/C25H33N3OS/c1-17(2)14-23(29)28-13-5-8-22(28)24(20-6-4-7-20)26-15-19-9-11-21(12-10-19)25-18(3)27-16-30-25/h9-12,16-17,22,26H,4-8,13-15H2,1-3H3. The fourth-order valence-electron chi connectivity index (χ4n) is 4.48. The van der Waals surface area contributed by atoms with E-state index in [1.54, 1.807) is 11.3 Å². The van der Waals surface area contributed by atoms with Gasteiger partial charge in [0, 0.05) is 25.2 Å². The number of hydrogen-bond donors (Lipinski definition) is 1. The van der Waals surface area contributed by atoms with E-state index in [4.69, 9.17) is 0 Å². The summed E-state index contributed by atoms with van der Waals surface area (Å²) in [7, 11) is 0. The highest BCUT2D eigenvalue weighted by atomic mass is 32.1. The number of hydrogen-bond acceptors (Lipinski definition) is 4. The maximum absolute atomic E-state index is 12.8. The van der Waals surface area contributed by atoms with Gasteiger partial charge in [-0.25, -0.2) is 4.98 Å². The lowest BCUT2D eigenvalue weighted by Crippen LogP contribution is -2.41. The Balaban J connectivity index is 1.46. The summed E-state index contributed by atoms with van der Waals surface area (Å²) in [5.74, 6) is 0.725. The van der Waals surface area contributed by atoms with E-state index < -0.39 is 0 Å². The van der Waals surface area contributed by atoms with Crippen molar-refractivity contribution in [2.45, 2.75) is 71.9 Å². The van der Waals surface area contributed by atoms with Gasteiger partial charge >= 0.3 is 0 Å². The van der Waals surface area contributed by atoms with Gasteiger partial charge in [-0.2, -0.15) is 0 Å². The highest BCUT2D eigenvalue weighted by molar-refractivity contribution is 7.13. The molecule has 0 bridgehead atoms. The Morgan fingerprint density at radius 1 is 1.23 bits per heavy atom. The Morgan fingerprint density at radius 2 is 2.00 bits per heavy atom. The predicted molar refractivity (Wildman–Crippen MR) is 124 cm³/mol. The molecule has 4 rings (SSSR count). The number of rotatable bonds is 7. The second-order valence-electron chi connectivity index (χ2n) is 9.03. The van der Waals surface area contributed by atoms with Gasteiger partial charge in [0.2, 0.25) is 5.91 Å². The Kier molecular flexibility index (Phi) is 6.57. The third-order valence-electron chi connectivity index (χ3n) is 6.27. The van der Waals surface area contributed by atoms with Crippen LogP contribution in [0.5, 0.6) is 0 Å². The van der Waals surface area contributed by atoms with E-state index in [9.17, 15) is 4.79 Å². The van der Waals surface area contributed by atoms with Crippen LogP contribution in [0.2, 0.25) is 0 Å². The van der Waals surface area contributed by atoms with E-state index in [1.165, 1.54) is 46.5 Å². The van der Waals surface area contributed by atoms with Crippen molar-refractivity contribution in [3.63, 3.8) is 0 Å². The molecule has 1 aliphatic carbocycles. The summed E-state index contributed by atoms with van der Waals surface area (Å²) in [6, 6.07) is 9.05. The van der Waals surface area contributed by atoms with Gasteiger partial charge in [0.05, 0.1) is 22.1 Å². The molecule has 0 spiro atoms. The zero-order valence-corrected chi connectivity index (χ0v) is 19.2. The number of nitrogens with zero attached hydrogens (tertiary/aromatic N) is 2. The van der Waals surface area contributed by atoms with E-state index in [0.29, 0.717) is 18.2 Å². The zero-order chi connectivity index (χ0) is 21.1. The number of likely N-dealkylation sites (tertiary alicyclic amines) is 1. The topological polar surface area (TPSA) is 45.2 Å². The van der Waals surface area contributed by atoms with Gasteiger partial charge in [0.15, 0.2) is 0 Å². The van der Waals surface area contributed by atoms with Crippen LogP contribution in [0.1, 0.15) is 63.6 Å². The van der Waals surface area contributed by atoms with Crippen LogP contribution >= 0.6 is 11.3 Å². The van der Waals surface area contributed by atoms with Crippen LogP contribution in [-0.2, 0) is 11.3 Å². The molecule has 2 aromatic rings. The summed E-state index contributed by atoms with van der Waals surface area (Å²) in [4.78, 5) is 20.6. The number of carbonyl (C=O) groups excluding carboxylic acids is 1. The van der Waals surface area contributed by atoms with Gasteiger partial charge in [-0.15, -0.1) is 11.3 Å². The minimum atomic E-state index is 0.241. The fourth-order valence-corrected chi connectivity index (χ4v) is 5.30. The number of thiazole rings is 1. The van der Waals surface area contributed by atoms with Crippen LogP contribution in [0.25, 0.3) is 10.4 Å². The predicted octanol–water partition coefficient (Wildman–Crippen LogP) is 5.68. The lowest BCUT2D eigenvalue weighted by atomic mass is 9.87. The SMILES string of the molecule is Cc1ncsc1-c1ccc(CNC(=C2CCC2)C2CCCN2C(=O)CC(C)C)cc1. The first-order valence-corrected chi connectivity index (χ1v) is 12.2. The quantitative estimate of drug-likeness (QED) is 0.623. The molecule has 2 aliphatic rings. The average Bonchev–Trinajstić information content (AvgIpc) is 3.32. The van der Waals surface area contributed by atoms with E-state index >= 15 is 0 Å². The number of aryl methyl sites for hydroxylation is 1. The molecule has 1 aliphatic heterocycles. The lowest BCUT2D eigenvalue weighted by molar-refractivity contribution is -0.132. The van der Waals surface area contributed by atoms with Crippen LogP contribution in [-0.4, -0.2) is 28.4 Å². The minimum Gasteiger partial charge on any atom is -0.383 e. The molecule has 1 atom stereocenters. The molecule has 2 fully saturated rings. The Hall–Kier alpha value is -2.14. The summed E-state index contributed by atoms with van der Waals surface area (Å²) in [6.07, 6.45) is 6.46. The van der Waals surface area contributed by atoms with Gasteiger partial charge < -0.3 is 10.2 Å². The first kappa shape index (κ1) is 21.1. The second-order valence-corrected chi connectivity index (χ2v) is 9.89. The van der Waals surface area contributed by atoms with Gasteiger partial charge in [-0.3, -0.25) is 4.79 Å². The number of amides is 1. The van der Waals surface area contributed by atoms with Crippen molar-refractivity contribution in [1.29, 1.82) is 0 Å². The maximum atomic E-state index is 12.8. The molecule has 1 saturated carbocycles. The Labute approximate surface area is 184 Å². The third kappa shape index (κ3) is 4.61. The van der Waals surface area contributed by atoms with Crippen molar-refractivity contribution in [2.75, 3.05) is 6.54 Å². The zero-order valence-electron chi connectivity index (χ0n) is 18.4. The van der Waals surface area contributed by atoms with E-state index in [1.807, 2.05) is 5.51 Å². The largest absolute Gasteiger partial charge is 0.383 e.